The summed E-state index contributed by atoms with van der Waals surface area (Å²) >= 11 is 6.06. The average molecular weight is 633 g/mol. The summed E-state index contributed by atoms with van der Waals surface area (Å²) in [5.74, 6) is -5.97. The fourth-order valence-corrected chi connectivity index (χ4v) is 5.74. The van der Waals surface area contributed by atoms with Crippen molar-refractivity contribution in [2.45, 2.75) is 44.6 Å². The molecule has 3 atom stereocenters. The van der Waals surface area contributed by atoms with Gasteiger partial charge >= 0.3 is 23.2 Å². The molecule has 3 unspecified atom stereocenters. The topological polar surface area (TPSA) is 164 Å². The Labute approximate surface area is 261 Å². The van der Waals surface area contributed by atoms with Crippen molar-refractivity contribution in [1.82, 2.24) is 0 Å². The highest BCUT2D eigenvalue weighted by molar-refractivity contribution is 6.30. The van der Waals surface area contributed by atoms with Crippen LogP contribution in [-0.2, 0) is 14.3 Å². The van der Waals surface area contributed by atoms with Gasteiger partial charge in [0.05, 0.1) is 34.2 Å². The number of hydrogen-bond donors (Lipinski definition) is 3. The minimum absolute atomic E-state index is 0.0515. The maximum absolute atomic E-state index is 13.5. The van der Waals surface area contributed by atoms with E-state index in [9.17, 15) is 34.5 Å². The quantitative estimate of drug-likeness (QED) is 0.117. The third kappa shape index (κ3) is 6.41. The molecule has 0 aliphatic carbocycles. The number of halogens is 1. The average Bonchev–Trinajstić information content (AvgIpc) is 2.98. The van der Waals surface area contributed by atoms with Crippen molar-refractivity contribution in [3.63, 3.8) is 0 Å². The number of aliphatic carboxylic acids is 1. The van der Waals surface area contributed by atoms with Gasteiger partial charge in [0.1, 0.15) is 22.7 Å². The molecule has 0 saturated heterocycles. The Morgan fingerprint density at radius 1 is 0.800 bits per heavy atom. The summed E-state index contributed by atoms with van der Waals surface area (Å²) in [6.07, 6.45) is -2.27. The minimum atomic E-state index is -2.02. The van der Waals surface area contributed by atoms with Crippen molar-refractivity contribution in [1.29, 1.82) is 0 Å². The summed E-state index contributed by atoms with van der Waals surface area (Å²) in [6, 6.07) is 18.4. The second-order valence-electron chi connectivity index (χ2n) is 11.1. The fraction of sp³-hybridized carbons (Fsp3) is 0.235. The normalized spacial score (nSPS) is 13.5. The van der Waals surface area contributed by atoms with Crippen LogP contribution in [0.5, 0.6) is 11.5 Å². The van der Waals surface area contributed by atoms with Crippen molar-refractivity contribution in [3.8, 4) is 11.5 Å². The highest BCUT2D eigenvalue weighted by Gasteiger charge is 2.40. The molecule has 0 bridgehead atoms. The smallest absolute Gasteiger partial charge is 0.346 e. The van der Waals surface area contributed by atoms with Gasteiger partial charge in [-0.25, -0.2) is 14.4 Å². The highest BCUT2D eigenvalue weighted by Crippen LogP contribution is 2.39. The first-order valence-corrected chi connectivity index (χ1v) is 14.5. The van der Waals surface area contributed by atoms with Crippen LogP contribution >= 0.6 is 11.6 Å². The molecule has 0 aliphatic heterocycles. The second-order valence-corrected chi connectivity index (χ2v) is 11.5. The van der Waals surface area contributed by atoms with Crippen molar-refractivity contribution < 1.29 is 38.5 Å². The number of benzene rings is 3. The zero-order valence-electron chi connectivity index (χ0n) is 24.2. The molecule has 2 heterocycles. The van der Waals surface area contributed by atoms with E-state index < -0.39 is 58.9 Å². The fourth-order valence-electron chi connectivity index (χ4n) is 5.62. The predicted molar refractivity (Wildman–Crippen MR) is 166 cm³/mol. The number of carboxylic acids is 1. The van der Waals surface area contributed by atoms with Crippen LogP contribution in [0.15, 0.2) is 91.2 Å². The lowest BCUT2D eigenvalue weighted by Crippen LogP contribution is -2.36. The van der Waals surface area contributed by atoms with Crippen molar-refractivity contribution >= 4 is 45.5 Å². The molecule has 0 fully saturated rings. The number of carboxylic acid groups (broad SMARTS) is 1. The largest absolute Gasteiger partial charge is 0.507 e. The number of rotatable bonds is 10. The summed E-state index contributed by atoms with van der Waals surface area (Å²) in [4.78, 5) is 52.5. The van der Waals surface area contributed by atoms with Gasteiger partial charge in [0.25, 0.3) is 0 Å². The van der Waals surface area contributed by atoms with Crippen molar-refractivity contribution in [2.24, 2.45) is 5.92 Å². The van der Waals surface area contributed by atoms with E-state index in [0.717, 1.165) is 0 Å². The van der Waals surface area contributed by atoms with Crippen LogP contribution in [0, 0.1) is 5.92 Å². The second kappa shape index (κ2) is 12.9. The molecule has 3 aromatic carbocycles. The molecule has 232 valence electrons. The van der Waals surface area contributed by atoms with E-state index in [1.165, 1.54) is 42.5 Å². The molecule has 0 aliphatic rings. The Morgan fingerprint density at radius 3 is 1.84 bits per heavy atom. The number of carbonyl (C=O) groups is 2. The maximum Gasteiger partial charge on any atom is 0.346 e. The van der Waals surface area contributed by atoms with Gasteiger partial charge < -0.3 is 28.9 Å². The molecule has 11 heteroatoms. The van der Waals surface area contributed by atoms with Crippen molar-refractivity contribution in [3.05, 3.63) is 115 Å². The third-order valence-corrected chi connectivity index (χ3v) is 7.81. The van der Waals surface area contributed by atoms with Gasteiger partial charge in [0, 0.05) is 10.9 Å². The maximum atomic E-state index is 13.5. The molecule has 2 aromatic heterocycles. The van der Waals surface area contributed by atoms with Gasteiger partial charge in [0.15, 0.2) is 0 Å². The van der Waals surface area contributed by atoms with E-state index in [2.05, 4.69) is 0 Å². The van der Waals surface area contributed by atoms with Crippen LogP contribution in [0.1, 0.15) is 55.2 Å². The number of para-hydroxylation sites is 2. The zero-order valence-corrected chi connectivity index (χ0v) is 25.0. The Hall–Kier alpha value is -5.09. The number of esters is 1. The molecule has 3 N–H and O–H groups in total. The van der Waals surface area contributed by atoms with E-state index in [-0.39, 0.29) is 51.2 Å². The number of carbonyl (C=O) groups excluding carboxylic acids is 1. The lowest BCUT2D eigenvalue weighted by Gasteiger charge is -2.26. The monoisotopic (exact) mass is 632 g/mol. The van der Waals surface area contributed by atoms with Crippen LogP contribution in [0.25, 0.3) is 21.9 Å². The van der Waals surface area contributed by atoms with Gasteiger partial charge in [-0.3, -0.25) is 4.79 Å². The molecule has 0 radical (unpaired) electrons. The minimum Gasteiger partial charge on any atom is -0.507 e. The molecule has 0 amide bonds. The first-order chi connectivity index (χ1) is 21.5. The van der Waals surface area contributed by atoms with E-state index >= 15 is 0 Å². The first-order valence-electron chi connectivity index (χ1n) is 14.1. The van der Waals surface area contributed by atoms with E-state index in [0.29, 0.717) is 5.02 Å². The standard InChI is InChI=1S/C34H29ClO10/c1-17(2)15-19(27-29(37)21-7-3-5-9-23(21)43-33(27)41)16-25(36)45-31(32(39)40)26(18-11-13-20(35)14-12-18)28-30(38)22-8-4-6-10-24(22)44-34(28)42/h3-14,17,19,26,31,37-38H,15-16H2,1-2H3,(H,39,40). The van der Waals surface area contributed by atoms with E-state index in [1.54, 1.807) is 30.3 Å². The SMILES string of the molecule is CC(C)CC(CC(=O)OC(C(=O)O)C(c1ccc(Cl)cc1)c1c(O)c2ccccc2oc1=O)c1c(O)c2ccccc2oc1=O. The van der Waals surface area contributed by atoms with Crippen LogP contribution in [-0.4, -0.2) is 33.4 Å². The summed E-state index contributed by atoms with van der Waals surface area (Å²) < 4.78 is 16.4. The summed E-state index contributed by atoms with van der Waals surface area (Å²) in [5.41, 5.74) is -1.98. The summed E-state index contributed by atoms with van der Waals surface area (Å²) in [5, 5.41) is 33.4. The lowest BCUT2D eigenvalue weighted by molar-refractivity contribution is -0.165. The molecular formula is C34H29ClO10. The number of aromatic hydroxyl groups is 2. The molecule has 5 rings (SSSR count). The summed E-state index contributed by atoms with van der Waals surface area (Å²) in [7, 11) is 0. The van der Waals surface area contributed by atoms with Crippen LogP contribution in [0.2, 0.25) is 5.02 Å². The van der Waals surface area contributed by atoms with E-state index in [1.807, 2.05) is 13.8 Å². The predicted octanol–water partition coefficient (Wildman–Crippen LogP) is 6.31. The third-order valence-electron chi connectivity index (χ3n) is 7.56. The molecule has 5 aromatic rings. The highest BCUT2D eigenvalue weighted by atomic mass is 35.5. The van der Waals surface area contributed by atoms with Gasteiger partial charge in [-0.15, -0.1) is 0 Å². The first kappa shape index (κ1) is 31.3. The Morgan fingerprint density at radius 2 is 1.31 bits per heavy atom. The Balaban J connectivity index is 1.57. The summed E-state index contributed by atoms with van der Waals surface area (Å²) in [6.45, 7) is 3.72. The number of fused-ring (bicyclic) bond motifs is 2. The lowest BCUT2D eigenvalue weighted by atomic mass is 9.85. The molecular weight excluding hydrogens is 604 g/mol. The van der Waals surface area contributed by atoms with Gasteiger partial charge in [-0.2, -0.15) is 0 Å². The van der Waals surface area contributed by atoms with Gasteiger partial charge in [-0.1, -0.05) is 61.8 Å². The van der Waals surface area contributed by atoms with Crippen LogP contribution < -0.4 is 11.3 Å². The Bertz CT molecular complexity index is 2010. The van der Waals surface area contributed by atoms with Crippen LogP contribution in [0.4, 0.5) is 0 Å². The van der Waals surface area contributed by atoms with Gasteiger partial charge in [0.2, 0.25) is 6.10 Å². The van der Waals surface area contributed by atoms with Crippen molar-refractivity contribution in [2.75, 3.05) is 0 Å². The molecule has 45 heavy (non-hydrogen) atoms. The Kier molecular flexibility index (Phi) is 8.96. The number of hydrogen-bond acceptors (Lipinski definition) is 9. The van der Waals surface area contributed by atoms with Gasteiger partial charge in [-0.05, 0) is 54.3 Å². The van der Waals surface area contributed by atoms with E-state index in [4.69, 9.17) is 25.2 Å². The van der Waals surface area contributed by atoms with Crippen LogP contribution in [0.3, 0.4) is 0 Å². The number of ether oxygens (including phenoxy) is 1. The molecule has 10 nitrogen and oxygen atoms in total. The molecule has 0 saturated carbocycles. The molecule has 0 spiro atoms. The zero-order chi connectivity index (χ0) is 32.4.